The number of halogens is 1. The van der Waals surface area contributed by atoms with E-state index in [9.17, 15) is 9.18 Å². The molecule has 0 bridgehead atoms. The molecule has 5 heteroatoms. The average molecular weight is 308 g/mol. The Balaban J connectivity index is 1.70. The molecule has 122 valence electrons. The second-order valence-electron chi connectivity index (χ2n) is 5.98. The van der Waals surface area contributed by atoms with E-state index in [0.717, 1.165) is 25.9 Å². The molecule has 1 aromatic rings. The zero-order chi connectivity index (χ0) is 15.9. The number of piperidine rings is 1. The van der Waals surface area contributed by atoms with Gasteiger partial charge in [0.05, 0.1) is 6.61 Å². The van der Waals surface area contributed by atoms with Gasteiger partial charge < -0.3 is 15.4 Å². The number of amides is 1. The summed E-state index contributed by atoms with van der Waals surface area (Å²) in [5, 5.41) is 0. The van der Waals surface area contributed by atoms with Crippen molar-refractivity contribution < 1.29 is 13.9 Å². The highest BCUT2D eigenvalue weighted by atomic mass is 19.1. The van der Waals surface area contributed by atoms with Crippen LogP contribution in [-0.2, 0) is 4.79 Å². The fraction of sp³-hybridized carbons (Fsp3) is 0.588. The first-order valence-corrected chi connectivity index (χ1v) is 7.98. The summed E-state index contributed by atoms with van der Waals surface area (Å²) in [5.41, 5.74) is 5.94. The predicted octanol–water partition coefficient (Wildman–Crippen LogP) is 2.57. The van der Waals surface area contributed by atoms with Crippen molar-refractivity contribution in [2.24, 2.45) is 11.7 Å². The van der Waals surface area contributed by atoms with Crippen LogP contribution < -0.4 is 10.5 Å². The van der Waals surface area contributed by atoms with Gasteiger partial charge in [-0.25, -0.2) is 4.39 Å². The molecule has 2 rings (SSSR count). The van der Waals surface area contributed by atoms with E-state index in [1.54, 1.807) is 18.2 Å². The fourth-order valence-electron chi connectivity index (χ4n) is 2.79. The monoisotopic (exact) mass is 308 g/mol. The summed E-state index contributed by atoms with van der Waals surface area (Å²) in [6.07, 6.45) is 3.13. The number of carbonyl (C=O) groups is 1. The molecule has 1 aliphatic rings. The Morgan fingerprint density at radius 2 is 2.27 bits per heavy atom. The molecule has 0 aliphatic carbocycles. The summed E-state index contributed by atoms with van der Waals surface area (Å²) in [6, 6.07) is 6.43. The van der Waals surface area contributed by atoms with E-state index in [1.807, 2.05) is 11.8 Å². The van der Waals surface area contributed by atoms with Crippen molar-refractivity contribution in [1.29, 1.82) is 0 Å². The van der Waals surface area contributed by atoms with E-state index in [0.29, 0.717) is 25.4 Å². The van der Waals surface area contributed by atoms with E-state index in [2.05, 4.69) is 0 Å². The van der Waals surface area contributed by atoms with Crippen LogP contribution in [0.1, 0.15) is 32.6 Å². The first-order chi connectivity index (χ1) is 10.6. The Bertz CT molecular complexity index is 493. The fourth-order valence-corrected chi connectivity index (χ4v) is 2.79. The minimum absolute atomic E-state index is 0.125. The lowest BCUT2D eigenvalue weighted by Crippen LogP contribution is -2.45. The number of benzene rings is 1. The molecule has 1 heterocycles. The van der Waals surface area contributed by atoms with Crippen molar-refractivity contribution in [2.45, 2.75) is 38.6 Å². The van der Waals surface area contributed by atoms with Crippen molar-refractivity contribution in [1.82, 2.24) is 4.90 Å². The third-order valence-electron chi connectivity index (χ3n) is 4.18. The maximum Gasteiger partial charge on any atom is 0.222 e. The number of nitrogens with zero attached hydrogens (tertiary/aromatic N) is 1. The van der Waals surface area contributed by atoms with Gasteiger partial charge in [-0.15, -0.1) is 0 Å². The first-order valence-electron chi connectivity index (χ1n) is 7.98. The van der Waals surface area contributed by atoms with Gasteiger partial charge in [0.2, 0.25) is 5.91 Å². The van der Waals surface area contributed by atoms with Gasteiger partial charge in [0, 0.05) is 25.6 Å². The number of hydrogen-bond acceptors (Lipinski definition) is 3. The molecule has 0 saturated carbocycles. The molecule has 2 N–H and O–H groups in total. The number of carbonyl (C=O) groups excluding carboxylic acids is 1. The van der Waals surface area contributed by atoms with E-state index >= 15 is 0 Å². The van der Waals surface area contributed by atoms with Crippen molar-refractivity contribution in [3.63, 3.8) is 0 Å². The molecule has 0 spiro atoms. The van der Waals surface area contributed by atoms with Gasteiger partial charge in [0.25, 0.3) is 0 Å². The zero-order valence-corrected chi connectivity index (χ0v) is 13.1. The third-order valence-corrected chi connectivity index (χ3v) is 4.18. The topological polar surface area (TPSA) is 55.6 Å². The largest absolute Gasteiger partial charge is 0.491 e. The highest BCUT2D eigenvalue weighted by molar-refractivity contribution is 5.76. The van der Waals surface area contributed by atoms with Crippen LogP contribution in [0.25, 0.3) is 0 Å². The van der Waals surface area contributed by atoms with E-state index < -0.39 is 0 Å². The Morgan fingerprint density at radius 1 is 1.50 bits per heavy atom. The lowest BCUT2D eigenvalue weighted by atomic mass is 9.92. The van der Waals surface area contributed by atoms with Gasteiger partial charge >= 0.3 is 0 Å². The molecule has 1 aromatic carbocycles. The Hall–Kier alpha value is -1.62. The van der Waals surface area contributed by atoms with Crippen LogP contribution in [0.4, 0.5) is 4.39 Å². The van der Waals surface area contributed by atoms with Gasteiger partial charge in [-0.3, -0.25) is 4.79 Å². The number of rotatable bonds is 6. The van der Waals surface area contributed by atoms with E-state index in [1.165, 1.54) is 6.07 Å². The summed E-state index contributed by atoms with van der Waals surface area (Å²) in [6.45, 7) is 3.92. The second-order valence-corrected chi connectivity index (χ2v) is 5.98. The number of para-hydroxylation sites is 1. The molecule has 1 amide bonds. The van der Waals surface area contributed by atoms with Crippen LogP contribution in [0, 0.1) is 11.7 Å². The maximum atomic E-state index is 13.4. The highest BCUT2D eigenvalue weighted by Crippen LogP contribution is 2.20. The number of nitrogens with two attached hydrogens (primary N) is 1. The summed E-state index contributed by atoms with van der Waals surface area (Å²) in [4.78, 5) is 14.1. The standard InChI is InChI=1S/C17H25FN2O2/c1-13(19)14-6-4-10-20(12-14)17(21)9-5-11-22-16-8-3-2-7-15(16)18/h2-3,7-8,13-14H,4-6,9-12,19H2,1H3. The van der Waals surface area contributed by atoms with Crippen molar-refractivity contribution in [2.75, 3.05) is 19.7 Å². The smallest absolute Gasteiger partial charge is 0.222 e. The molecule has 4 nitrogen and oxygen atoms in total. The van der Waals surface area contributed by atoms with Gasteiger partial charge in [-0.1, -0.05) is 12.1 Å². The number of ether oxygens (including phenoxy) is 1. The van der Waals surface area contributed by atoms with E-state index in [4.69, 9.17) is 10.5 Å². The zero-order valence-electron chi connectivity index (χ0n) is 13.1. The van der Waals surface area contributed by atoms with Gasteiger partial charge in [0.15, 0.2) is 11.6 Å². The summed E-state index contributed by atoms with van der Waals surface area (Å²) >= 11 is 0. The maximum absolute atomic E-state index is 13.4. The molecule has 1 saturated heterocycles. The van der Waals surface area contributed by atoms with Crippen LogP contribution in [-0.4, -0.2) is 36.5 Å². The quantitative estimate of drug-likeness (QED) is 0.822. The molecular formula is C17H25FN2O2. The van der Waals surface area contributed by atoms with Gasteiger partial charge in [-0.05, 0) is 44.2 Å². The van der Waals surface area contributed by atoms with Gasteiger partial charge in [0.1, 0.15) is 0 Å². The summed E-state index contributed by atoms with van der Waals surface area (Å²) < 4.78 is 18.7. The van der Waals surface area contributed by atoms with E-state index in [-0.39, 0.29) is 23.5 Å². The molecule has 0 radical (unpaired) electrons. The van der Waals surface area contributed by atoms with Crippen LogP contribution in [0.15, 0.2) is 24.3 Å². The highest BCUT2D eigenvalue weighted by Gasteiger charge is 2.25. The normalized spacial score (nSPS) is 19.8. The summed E-state index contributed by atoms with van der Waals surface area (Å²) in [7, 11) is 0. The Morgan fingerprint density at radius 3 is 3.00 bits per heavy atom. The molecule has 22 heavy (non-hydrogen) atoms. The van der Waals surface area contributed by atoms with Gasteiger partial charge in [-0.2, -0.15) is 0 Å². The minimum atomic E-state index is -0.371. The average Bonchev–Trinajstić information content (AvgIpc) is 2.53. The lowest BCUT2D eigenvalue weighted by molar-refractivity contribution is -0.133. The van der Waals surface area contributed by atoms with Crippen LogP contribution >= 0.6 is 0 Å². The molecular weight excluding hydrogens is 283 g/mol. The van der Waals surface area contributed by atoms with Crippen molar-refractivity contribution in [3.8, 4) is 5.75 Å². The van der Waals surface area contributed by atoms with Crippen LogP contribution in [0.5, 0.6) is 5.75 Å². The first kappa shape index (κ1) is 16.7. The molecule has 2 atom stereocenters. The Labute approximate surface area is 131 Å². The second kappa shape index (κ2) is 8.13. The number of likely N-dealkylation sites (tertiary alicyclic amines) is 1. The molecule has 2 unspecified atom stereocenters. The van der Waals surface area contributed by atoms with Crippen molar-refractivity contribution in [3.05, 3.63) is 30.1 Å². The lowest BCUT2D eigenvalue weighted by Gasteiger charge is -2.34. The minimum Gasteiger partial charge on any atom is -0.491 e. The molecule has 1 fully saturated rings. The van der Waals surface area contributed by atoms with Crippen LogP contribution in [0.2, 0.25) is 0 Å². The van der Waals surface area contributed by atoms with Crippen molar-refractivity contribution >= 4 is 5.91 Å². The van der Waals surface area contributed by atoms with Crippen LogP contribution in [0.3, 0.4) is 0 Å². The molecule has 0 aromatic heterocycles. The Kier molecular flexibility index (Phi) is 6.19. The summed E-state index contributed by atoms with van der Waals surface area (Å²) in [5.74, 6) is 0.407. The predicted molar refractivity (Wildman–Crippen MR) is 84.1 cm³/mol. The SMILES string of the molecule is CC(N)C1CCCN(C(=O)CCCOc2ccccc2F)C1. The third kappa shape index (κ3) is 4.70. The number of hydrogen-bond donors (Lipinski definition) is 1. The molecule has 1 aliphatic heterocycles.